The Hall–Kier alpha value is -1.31. The van der Waals surface area contributed by atoms with Crippen molar-refractivity contribution >= 4 is 5.95 Å². The summed E-state index contributed by atoms with van der Waals surface area (Å²) in [6, 6.07) is 0. The fourth-order valence-corrected chi connectivity index (χ4v) is 4.14. The fourth-order valence-electron chi connectivity index (χ4n) is 4.14. The van der Waals surface area contributed by atoms with Crippen LogP contribution in [0.1, 0.15) is 25.7 Å². The molecule has 1 spiro atoms. The van der Waals surface area contributed by atoms with Crippen LogP contribution < -0.4 is 4.90 Å². The first-order valence-corrected chi connectivity index (χ1v) is 9.27. The lowest BCUT2D eigenvalue weighted by Gasteiger charge is -2.50. The molecule has 0 aromatic carbocycles. The Bertz CT molecular complexity index is 559. The normalized spacial score (nSPS) is 26.1. The van der Waals surface area contributed by atoms with Gasteiger partial charge in [0.2, 0.25) is 5.95 Å². The van der Waals surface area contributed by atoms with E-state index in [0.29, 0.717) is 17.8 Å². The second-order valence-electron chi connectivity index (χ2n) is 7.38. The summed E-state index contributed by atoms with van der Waals surface area (Å²) in [5, 5.41) is 0. The maximum atomic E-state index is 12.9. The first kappa shape index (κ1) is 17.1. The number of ether oxygens (including phenoxy) is 3. The van der Waals surface area contributed by atoms with E-state index in [0.717, 1.165) is 71.8 Å². The summed E-state index contributed by atoms with van der Waals surface area (Å²) < 4.78 is 30.3. The SMILES string of the molecule is Fc1cnc(N2CC3(C2)OCC[C@@H]3CCOCC2CCOCC2)nc1. The van der Waals surface area contributed by atoms with Crippen molar-refractivity contribution in [2.45, 2.75) is 31.3 Å². The summed E-state index contributed by atoms with van der Waals surface area (Å²) >= 11 is 0. The van der Waals surface area contributed by atoms with Crippen LogP contribution in [-0.2, 0) is 14.2 Å². The number of aromatic nitrogens is 2. The van der Waals surface area contributed by atoms with Crippen molar-refractivity contribution in [2.24, 2.45) is 11.8 Å². The molecule has 138 valence electrons. The summed E-state index contributed by atoms with van der Waals surface area (Å²) in [6.45, 7) is 5.75. The van der Waals surface area contributed by atoms with Crippen LogP contribution in [0, 0.1) is 17.7 Å². The van der Waals surface area contributed by atoms with Crippen molar-refractivity contribution in [3.8, 4) is 0 Å². The van der Waals surface area contributed by atoms with E-state index in [4.69, 9.17) is 14.2 Å². The van der Waals surface area contributed by atoms with E-state index >= 15 is 0 Å². The highest BCUT2D eigenvalue weighted by Gasteiger charge is 2.53. The lowest BCUT2D eigenvalue weighted by Crippen LogP contribution is -2.65. The highest BCUT2D eigenvalue weighted by atomic mass is 19.1. The average Bonchev–Trinajstić information content (AvgIpc) is 3.03. The molecule has 0 bridgehead atoms. The highest BCUT2D eigenvalue weighted by molar-refractivity contribution is 5.37. The van der Waals surface area contributed by atoms with E-state index in [2.05, 4.69) is 14.9 Å². The van der Waals surface area contributed by atoms with Crippen LogP contribution >= 0.6 is 0 Å². The minimum atomic E-state index is -0.407. The van der Waals surface area contributed by atoms with Crippen LogP contribution in [-0.4, -0.2) is 61.7 Å². The molecule has 0 saturated carbocycles. The van der Waals surface area contributed by atoms with Gasteiger partial charge in [0.1, 0.15) is 5.60 Å². The zero-order chi connectivity index (χ0) is 17.1. The Labute approximate surface area is 147 Å². The second kappa shape index (κ2) is 7.51. The van der Waals surface area contributed by atoms with E-state index in [1.807, 2.05) is 0 Å². The number of rotatable bonds is 6. The van der Waals surface area contributed by atoms with Crippen molar-refractivity contribution in [3.05, 3.63) is 18.2 Å². The predicted octanol–water partition coefficient (Wildman–Crippen LogP) is 2.04. The minimum Gasteiger partial charge on any atom is -0.381 e. The van der Waals surface area contributed by atoms with Crippen molar-refractivity contribution < 1.29 is 18.6 Å². The van der Waals surface area contributed by atoms with Gasteiger partial charge in [-0.25, -0.2) is 14.4 Å². The fraction of sp³-hybridized carbons (Fsp3) is 0.778. The smallest absolute Gasteiger partial charge is 0.225 e. The summed E-state index contributed by atoms with van der Waals surface area (Å²) in [4.78, 5) is 10.2. The maximum Gasteiger partial charge on any atom is 0.225 e. The Morgan fingerprint density at radius 1 is 1.16 bits per heavy atom. The van der Waals surface area contributed by atoms with Crippen LogP contribution in [0.3, 0.4) is 0 Å². The van der Waals surface area contributed by atoms with Gasteiger partial charge >= 0.3 is 0 Å². The van der Waals surface area contributed by atoms with Crippen LogP contribution in [0.15, 0.2) is 12.4 Å². The topological polar surface area (TPSA) is 56.7 Å². The zero-order valence-corrected chi connectivity index (χ0v) is 14.5. The third-order valence-electron chi connectivity index (χ3n) is 5.71. The first-order valence-electron chi connectivity index (χ1n) is 9.27. The lowest BCUT2D eigenvalue weighted by molar-refractivity contribution is -0.0531. The van der Waals surface area contributed by atoms with Gasteiger partial charge in [-0.05, 0) is 37.5 Å². The quantitative estimate of drug-likeness (QED) is 0.731. The number of hydrogen-bond donors (Lipinski definition) is 0. The number of hydrogen-bond acceptors (Lipinski definition) is 6. The van der Waals surface area contributed by atoms with Gasteiger partial charge in [-0.2, -0.15) is 0 Å². The van der Waals surface area contributed by atoms with Gasteiger partial charge in [-0.1, -0.05) is 0 Å². The second-order valence-corrected chi connectivity index (χ2v) is 7.38. The van der Waals surface area contributed by atoms with Crippen LogP contribution in [0.4, 0.5) is 10.3 Å². The molecule has 25 heavy (non-hydrogen) atoms. The summed E-state index contributed by atoms with van der Waals surface area (Å²) in [7, 11) is 0. The van der Waals surface area contributed by atoms with Gasteiger partial charge < -0.3 is 19.1 Å². The van der Waals surface area contributed by atoms with Gasteiger partial charge in [0.15, 0.2) is 5.82 Å². The predicted molar refractivity (Wildman–Crippen MR) is 90.0 cm³/mol. The molecule has 3 saturated heterocycles. The van der Waals surface area contributed by atoms with Crippen molar-refractivity contribution in [3.63, 3.8) is 0 Å². The molecule has 1 aromatic heterocycles. The minimum absolute atomic E-state index is 0.0974. The van der Waals surface area contributed by atoms with Gasteiger partial charge in [-0.3, -0.25) is 0 Å². The van der Waals surface area contributed by atoms with E-state index in [9.17, 15) is 4.39 Å². The van der Waals surface area contributed by atoms with Crippen LogP contribution in [0.2, 0.25) is 0 Å². The van der Waals surface area contributed by atoms with E-state index < -0.39 is 5.82 Å². The molecule has 4 heterocycles. The Morgan fingerprint density at radius 2 is 1.92 bits per heavy atom. The molecule has 1 aromatic rings. The highest BCUT2D eigenvalue weighted by Crippen LogP contribution is 2.42. The summed E-state index contributed by atoms with van der Waals surface area (Å²) in [5.74, 6) is 1.34. The van der Waals surface area contributed by atoms with Crippen molar-refractivity contribution in [1.29, 1.82) is 0 Å². The molecule has 3 aliphatic rings. The first-order chi connectivity index (χ1) is 12.3. The van der Waals surface area contributed by atoms with Crippen molar-refractivity contribution in [1.82, 2.24) is 9.97 Å². The Kier molecular flexibility index (Phi) is 5.15. The molecular formula is C18H26FN3O3. The zero-order valence-electron chi connectivity index (χ0n) is 14.5. The Morgan fingerprint density at radius 3 is 2.68 bits per heavy atom. The lowest BCUT2D eigenvalue weighted by atomic mass is 9.79. The van der Waals surface area contributed by atoms with E-state index in [1.54, 1.807) is 0 Å². The van der Waals surface area contributed by atoms with Gasteiger partial charge in [0.25, 0.3) is 0 Å². The molecule has 0 N–H and O–H groups in total. The molecule has 0 unspecified atom stereocenters. The standard InChI is InChI=1S/C18H26FN3O3/c19-16-9-20-17(21-10-16)22-12-18(13-22)15(4-8-25-18)3-7-24-11-14-1-5-23-6-2-14/h9-10,14-15H,1-8,11-13H2/t15-/m0/s1. The monoisotopic (exact) mass is 351 g/mol. The Balaban J connectivity index is 1.22. The molecule has 7 heteroatoms. The number of nitrogens with zero attached hydrogens (tertiary/aromatic N) is 3. The van der Waals surface area contributed by atoms with Gasteiger partial charge in [0, 0.05) is 33.0 Å². The summed E-state index contributed by atoms with van der Waals surface area (Å²) in [5.41, 5.74) is -0.0974. The maximum absolute atomic E-state index is 12.9. The van der Waals surface area contributed by atoms with Crippen molar-refractivity contribution in [2.75, 3.05) is 51.0 Å². The molecule has 0 radical (unpaired) electrons. The molecule has 3 fully saturated rings. The largest absolute Gasteiger partial charge is 0.381 e. The van der Waals surface area contributed by atoms with Gasteiger partial charge in [0.05, 0.1) is 25.5 Å². The molecule has 4 rings (SSSR count). The average molecular weight is 351 g/mol. The molecule has 3 aliphatic heterocycles. The van der Waals surface area contributed by atoms with Crippen LogP contribution in [0.25, 0.3) is 0 Å². The molecule has 1 atom stereocenters. The third-order valence-corrected chi connectivity index (χ3v) is 5.71. The van der Waals surface area contributed by atoms with Gasteiger partial charge in [-0.15, -0.1) is 0 Å². The molecule has 0 aliphatic carbocycles. The van der Waals surface area contributed by atoms with Crippen LogP contribution in [0.5, 0.6) is 0 Å². The molecule has 6 nitrogen and oxygen atoms in total. The third kappa shape index (κ3) is 3.78. The number of halogens is 1. The molecular weight excluding hydrogens is 325 g/mol. The number of anilines is 1. The summed E-state index contributed by atoms with van der Waals surface area (Å²) in [6.07, 6.45) is 6.77. The molecule has 0 amide bonds. The van der Waals surface area contributed by atoms with E-state index in [1.165, 1.54) is 12.4 Å². The van der Waals surface area contributed by atoms with E-state index in [-0.39, 0.29) is 5.60 Å².